The van der Waals surface area contributed by atoms with Gasteiger partial charge in [-0.3, -0.25) is 14.9 Å². The van der Waals surface area contributed by atoms with Gasteiger partial charge in [-0.25, -0.2) is 8.42 Å². The second kappa shape index (κ2) is 8.73. The summed E-state index contributed by atoms with van der Waals surface area (Å²) in [7, 11) is -2.24. The molecular weight excluding hydrogens is 434 g/mol. The van der Waals surface area contributed by atoms with Gasteiger partial charge in [-0.2, -0.15) is 4.31 Å². The first-order chi connectivity index (χ1) is 15.3. The van der Waals surface area contributed by atoms with Crippen LogP contribution in [0, 0.1) is 0 Å². The van der Waals surface area contributed by atoms with Crippen molar-refractivity contribution in [3.8, 4) is 0 Å². The highest BCUT2D eigenvalue weighted by Crippen LogP contribution is 2.28. The third-order valence-corrected chi connectivity index (χ3v) is 7.21. The molecule has 0 aliphatic carbocycles. The molecule has 0 bridgehead atoms. The molecule has 9 nitrogen and oxygen atoms in total. The third kappa shape index (κ3) is 4.24. The fourth-order valence-corrected chi connectivity index (χ4v) is 4.80. The predicted octanol–water partition coefficient (Wildman–Crippen LogP) is 2.38. The van der Waals surface area contributed by atoms with Crippen molar-refractivity contribution in [2.75, 3.05) is 25.9 Å². The van der Waals surface area contributed by atoms with Crippen LogP contribution in [0.1, 0.15) is 33.8 Å². The molecule has 1 aromatic heterocycles. The molecule has 4 rings (SSSR count). The number of amides is 2. The minimum atomic E-state index is -3.73. The van der Waals surface area contributed by atoms with Crippen molar-refractivity contribution in [3.63, 3.8) is 0 Å². The zero-order chi connectivity index (χ0) is 22.9. The summed E-state index contributed by atoms with van der Waals surface area (Å²) in [6.07, 6.45) is 1.63. The molecule has 1 saturated heterocycles. The van der Waals surface area contributed by atoms with E-state index >= 15 is 0 Å². The molecule has 10 heteroatoms. The molecule has 2 aromatic carbocycles. The van der Waals surface area contributed by atoms with Crippen LogP contribution >= 0.6 is 0 Å². The van der Waals surface area contributed by atoms with Gasteiger partial charge in [0, 0.05) is 31.1 Å². The molecule has 3 aromatic rings. The van der Waals surface area contributed by atoms with E-state index in [1.807, 2.05) is 0 Å². The standard InChI is InChI=1S/C22H23N3O6S/c1-25(13-15-5-4-12-30-15)32(28,29)16-10-8-14(9-11-16)21(26)24-22(27)20-19(23)17-6-2-3-7-18(17)31-20/h2-3,6-11,15H,4-5,12-13,23H2,1H3,(H,24,26,27). The summed E-state index contributed by atoms with van der Waals surface area (Å²) in [6, 6.07) is 12.2. The Bertz CT molecular complexity index is 1260. The number of ether oxygens (including phenoxy) is 1. The van der Waals surface area contributed by atoms with Crippen LogP contribution in [0.5, 0.6) is 0 Å². The van der Waals surface area contributed by atoms with Crippen molar-refractivity contribution in [1.29, 1.82) is 0 Å². The van der Waals surface area contributed by atoms with Crippen LogP contribution in [-0.2, 0) is 14.8 Å². The molecule has 0 radical (unpaired) electrons. The minimum absolute atomic E-state index is 0.0439. The molecule has 1 unspecified atom stereocenters. The van der Waals surface area contributed by atoms with Crippen LogP contribution in [0.4, 0.5) is 5.69 Å². The van der Waals surface area contributed by atoms with Gasteiger partial charge in [0.15, 0.2) is 0 Å². The number of nitrogens with one attached hydrogen (secondary N) is 1. The summed E-state index contributed by atoms with van der Waals surface area (Å²) in [6.45, 7) is 0.902. The molecule has 3 N–H and O–H groups in total. The number of carbonyl (C=O) groups is 2. The van der Waals surface area contributed by atoms with Crippen molar-refractivity contribution in [1.82, 2.24) is 9.62 Å². The van der Waals surface area contributed by atoms with Gasteiger partial charge in [-0.05, 0) is 49.2 Å². The lowest BCUT2D eigenvalue weighted by molar-refractivity contribution is 0.0834. The molecule has 1 fully saturated rings. The zero-order valence-electron chi connectivity index (χ0n) is 17.4. The number of hydrogen-bond acceptors (Lipinski definition) is 7. The van der Waals surface area contributed by atoms with Gasteiger partial charge in [0.25, 0.3) is 11.8 Å². The van der Waals surface area contributed by atoms with E-state index in [-0.39, 0.29) is 34.6 Å². The Morgan fingerprint density at radius 2 is 1.84 bits per heavy atom. The number of hydrogen-bond donors (Lipinski definition) is 2. The number of nitrogens with zero attached hydrogens (tertiary/aromatic N) is 1. The van der Waals surface area contributed by atoms with E-state index in [0.29, 0.717) is 17.6 Å². The lowest BCUT2D eigenvalue weighted by Gasteiger charge is -2.20. The largest absolute Gasteiger partial charge is 0.449 e. The quantitative estimate of drug-likeness (QED) is 0.543. The summed E-state index contributed by atoms with van der Waals surface area (Å²) in [4.78, 5) is 25.0. The summed E-state index contributed by atoms with van der Waals surface area (Å²) in [5.41, 5.74) is 6.66. The van der Waals surface area contributed by atoms with Crippen molar-refractivity contribution in [3.05, 3.63) is 59.9 Å². The van der Waals surface area contributed by atoms with Gasteiger partial charge in [0.1, 0.15) is 5.58 Å². The molecule has 2 amide bonds. The highest BCUT2D eigenvalue weighted by Gasteiger charge is 2.26. The maximum absolute atomic E-state index is 12.8. The number of benzene rings is 2. The molecule has 32 heavy (non-hydrogen) atoms. The SMILES string of the molecule is CN(CC1CCCO1)S(=O)(=O)c1ccc(C(=O)NC(=O)c2oc3ccccc3c2N)cc1. The lowest BCUT2D eigenvalue weighted by atomic mass is 10.2. The number of para-hydroxylation sites is 1. The van der Waals surface area contributed by atoms with E-state index in [0.717, 1.165) is 12.8 Å². The average Bonchev–Trinajstić information content (AvgIpc) is 3.42. The Morgan fingerprint density at radius 3 is 2.50 bits per heavy atom. The van der Waals surface area contributed by atoms with Crippen molar-refractivity contribution in [2.45, 2.75) is 23.8 Å². The van der Waals surface area contributed by atoms with Crippen LogP contribution in [0.25, 0.3) is 11.0 Å². The smallest absolute Gasteiger partial charge is 0.296 e. The Morgan fingerprint density at radius 1 is 1.12 bits per heavy atom. The number of furan rings is 1. The fraction of sp³-hybridized carbons (Fsp3) is 0.273. The maximum atomic E-state index is 12.8. The van der Waals surface area contributed by atoms with Crippen LogP contribution in [0.3, 0.4) is 0 Å². The van der Waals surface area contributed by atoms with E-state index < -0.39 is 21.8 Å². The summed E-state index contributed by atoms with van der Waals surface area (Å²) >= 11 is 0. The topological polar surface area (TPSA) is 132 Å². The fourth-order valence-electron chi connectivity index (χ4n) is 3.60. The van der Waals surface area contributed by atoms with Gasteiger partial charge in [0.05, 0.1) is 16.7 Å². The molecule has 1 aliphatic heterocycles. The highest BCUT2D eigenvalue weighted by atomic mass is 32.2. The average molecular weight is 458 g/mol. The van der Waals surface area contributed by atoms with Gasteiger partial charge < -0.3 is 14.9 Å². The Balaban J connectivity index is 1.45. The van der Waals surface area contributed by atoms with Gasteiger partial charge in [0.2, 0.25) is 15.8 Å². The molecule has 2 heterocycles. The van der Waals surface area contributed by atoms with Gasteiger partial charge in [-0.1, -0.05) is 12.1 Å². The van der Waals surface area contributed by atoms with E-state index in [1.54, 1.807) is 24.3 Å². The minimum Gasteiger partial charge on any atom is -0.449 e. The first kappa shape index (κ1) is 22.0. The van der Waals surface area contributed by atoms with E-state index in [1.165, 1.54) is 35.6 Å². The highest BCUT2D eigenvalue weighted by molar-refractivity contribution is 7.89. The van der Waals surface area contributed by atoms with E-state index in [9.17, 15) is 18.0 Å². The number of rotatable bonds is 6. The third-order valence-electron chi connectivity index (χ3n) is 5.38. The number of carbonyl (C=O) groups excluding carboxylic acids is 2. The van der Waals surface area contributed by atoms with E-state index in [2.05, 4.69) is 5.32 Å². The Hall–Kier alpha value is -3.21. The number of fused-ring (bicyclic) bond motifs is 1. The second-order valence-electron chi connectivity index (χ2n) is 7.57. The first-order valence-electron chi connectivity index (χ1n) is 10.1. The van der Waals surface area contributed by atoms with E-state index in [4.69, 9.17) is 14.9 Å². The molecule has 0 saturated carbocycles. The number of sulfonamides is 1. The van der Waals surface area contributed by atoms with Gasteiger partial charge in [-0.15, -0.1) is 0 Å². The predicted molar refractivity (Wildman–Crippen MR) is 118 cm³/mol. The number of likely N-dealkylation sites (N-methyl/N-ethyl adjacent to an activating group) is 1. The van der Waals surface area contributed by atoms with Gasteiger partial charge >= 0.3 is 0 Å². The first-order valence-corrected chi connectivity index (χ1v) is 11.5. The van der Waals surface area contributed by atoms with Crippen LogP contribution in [0.15, 0.2) is 57.8 Å². The van der Waals surface area contributed by atoms with Crippen molar-refractivity contribution >= 4 is 38.5 Å². The molecule has 1 atom stereocenters. The normalized spacial score (nSPS) is 16.5. The number of anilines is 1. The summed E-state index contributed by atoms with van der Waals surface area (Å²) in [5, 5.41) is 2.79. The lowest BCUT2D eigenvalue weighted by Crippen LogP contribution is -2.34. The van der Waals surface area contributed by atoms with Crippen LogP contribution < -0.4 is 11.1 Å². The monoisotopic (exact) mass is 457 g/mol. The van der Waals surface area contributed by atoms with Crippen molar-refractivity contribution < 1.29 is 27.2 Å². The van der Waals surface area contributed by atoms with Crippen molar-refractivity contribution in [2.24, 2.45) is 0 Å². The van der Waals surface area contributed by atoms with Crippen LogP contribution in [0.2, 0.25) is 0 Å². The maximum Gasteiger partial charge on any atom is 0.296 e. The number of nitrogens with two attached hydrogens (primary N) is 1. The van der Waals surface area contributed by atoms with Crippen LogP contribution in [-0.4, -0.2) is 50.8 Å². The zero-order valence-corrected chi connectivity index (χ0v) is 18.2. The second-order valence-corrected chi connectivity index (χ2v) is 9.61. The molecule has 1 aliphatic rings. The summed E-state index contributed by atoms with van der Waals surface area (Å²) in [5.74, 6) is -1.64. The Kier molecular flexibility index (Phi) is 6.00. The Labute approximate surface area is 185 Å². The molecular formula is C22H23N3O6S. The number of nitrogen functional groups attached to an aromatic ring is 1. The number of imide groups is 1. The molecule has 0 spiro atoms. The molecule has 168 valence electrons. The summed E-state index contributed by atoms with van der Waals surface area (Å²) < 4.78 is 37.8.